The molecule has 0 spiro atoms. The number of nitrogens with zero attached hydrogens (tertiary/aromatic N) is 1. The number of hydrogen-bond donors (Lipinski definition) is 12. The summed E-state index contributed by atoms with van der Waals surface area (Å²) in [4.78, 5) is 101. The number of H-pyrrole nitrogens is 1. The maximum absolute atomic E-state index is 11.9. The van der Waals surface area contributed by atoms with Crippen molar-refractivity contribution in [2.45, 2.75) is 31.5 Å². The van der Waals surface area contributed by atoms with Crippen molar-refractivity contribution in [3.05, 3.63) is 32.6 Å². The zero-order valence-electron chi connectivity index (χ0n) is 20.4. The van der Waals surface area contributed by atoms with Crippen molar-refractivity contribution in [3.8, 4) is 0 Å². The molecule has 0 aliphatic carbocycles. The van der Waals surface area contributed by atoms with Gasteiger partial charge in [-0.05, 0) is 6.92 Å². The van der Waals surface area contributed by atoms with Gasteiger partial charge < -0.3 is 59.0 Å². The van der Waals surface area contributed by atoms with Gasteiger partial charge in [0.2, 0.25) is 0 Å². The van der Waals surface area contributed by atoms with Crippen molar-refractivity contribution in [2.24, 2.45) is 0 Å². The molecule has 0 aromatic carbocycles. The molecular weight excluding hydrogens is 734 g/mol. The third kappa shape index (κ3) is 15.0. The molecule has 0 radical (unpaired) electrons. The second-order valence-corrected chi connectivity index (χ2v) is 16.2. The van der Waals surface area contributed by atoms with E-state index in [0.717, 1.165) is 10.8 Å². The first-order valence-electron chi connectivity index (χ1n) is 9.91. The molecule has 0 amide bonds. The summed E-state index contributed by atoms with van der Waals surface area (Å²) in [5.74, 6) is 0. The van der Waals surface area contributed by atoms with Gasteiger partial charge in [-0.2, -0.15) is 17.2 Å². The topological polar surface area (TPSA) is 435 Å². The van der Waals surface area contributed by atoms with Gasteiger partial charge in [-0.3, -0.25) is 18.9 Å². The molecule has 1 aromatic heterocycles. The minimum atomic E-state index is -5.73. The number of hydrogen-bond acceptors (Lipinski definition) is 16. The first kappa shape index (κ1) is 40.4. The Morgan fingerprint density at radius 3 is 1.58 bits per heavy atom. The summed E-state index contributed by atoms with van der Waals surface area (Å²) in [5, 5.41) is 20.1. The highest BCUT2D eigenvalue weighted by Gasteiger charge is 2.47. The summed E-state index contributed by atoms with van der Waals surface area (Å²) in [6, 6.07) is 0. The quantitative estimate of drug-likeness (QED) is 0.0952. The van der Waals surface area contributed by atoms with Crippen LogP contribution in [0.4, 0.5) is 0 Å². The van der Waals surface area contributed by atoms with Crippen LogP contribution in [0.25, 0.3) is 0 Å². The second-order valence-electron chi connectivity index (χ2n) is 7.52. The highest BCUT2D eigenvalue weighted by Crippen LogP contribution is 2.66. The zero-order chi connectivity index (χ0) is 34.0. The number of rotatable bonds is 12. The van der Waals surface area contributed by atoms with Crippen LogP contribution in [0, 0.1) is 6.92 Å². The lowest BCUT2D eigenvalue weighted by Crippen LogP contribution is -2.38. The molecule has 27 nitrogen and oxygen atoms in total. The highest BCUT2D eigenvalue weighted by molar-refractivity contribution is 7.67. The summed E-state index contributed by atoms with van der Waals surface area (Å²) < 4.78 is 87.2. The maximum atomic E-state index is 11.9. The number of aromatic amines is 1. The molecule has 252 valence electrons. The molecular formula is C10H22N2O25P6. The van der Waals surface area contributed by atoms with E-state index >= 15 is 0 Å². The van der Waals surface area contributed by atoms with E-state index in [1.54, 1.807) is 0 Å². The first-order valence-corrected chi connectivity index (χ1v) is 19.0. The van der Waals surface area contributed by atoms with Crippen LogP contribution in [0.2, 0.25) is 0 Å². The van der Waals surface area contributed by atoms with Crippen LogP contribution in [0.1, 0.15) is 11.8 Å². The minimum Gasteiger partial charge on any atom is -0.387 e. The Morgan fingerprint density at radius 2 is 1.16 bits per heavy atom. The Balaban J connectivity index is 0.000000599. The van der Waals surface area contributed by atoms with E-state index in [-0.39, 0.29) is 5.56 Å². The third-order valence-electron chi connectivity index (χ3n) is 3.99. The van der Waals surface area contributed by atoms with Crippen LogP contribution in [-0.2, 0) is 53.9 Å². The number of phosphoric acid groups is 6. The Labute approximate surface area is 235 Å². The lowest BCUT2D eigenvalue weighted by atomic mass is 10.1. The molecule has 2 rings (SSSR count). The van der Waals surface area contributed by atoms with Gasteiger partial charge in [0.25, 0.3) is 5.56 Å². The summed E-state index contributed by atoms with van der Waals surface area (Å²) in [7, 11) is -33.0. The van der Waals surface area contributed by atoms with Crippen LogP contribution in [0.3, 0.4) is 0 Å². The van der Waals surface area contributed by atoms with Crippen LogP contribution in [0.15, 0.2) is 15.8 Å². The normalized spacial score (nSPS) is 24.5. The fourth-order valence-corrected chi connectivity index (χ4v) is 8.19. The van der Waals surface area contributed by atoms with Gasteiger partial charge in [0.1, 0.15) is 18.3 Å². The first-order chi connectivity index (χ1) is 18.9. The van der Waals surface area contributed by atoms with Gasteiger partial charge in [-0.15, -0.1) is 0 Å². The van der Waals surface area contributed by atoms with Gasteiger partial charge in [0.05, 0.1) is 6.61 Å². The summed E-state index contributed by atoms with van der Waals surface area (Å²) in [6.45, 7) is 0.300. The van der Waals surface area contributed by atoms with E-state index in [1.807, 2.05) is 4.98 Å². The SMILES string of the molecule is Cc1cn([C@@H]2O[C@H](COP(=O)(O)OP(=O)(O)OP(=O)(O)O)[C@@H](O)[C@H]2O)c(=O)[nH]c1=O.O=P(O)(O)OP(=O)(O)OP(=O)(O)O. The molecule has 1 aromatic rings. The molecule has 12 N–H and O–H groups in total. The fourth-order valence-electron chi connectivity index (χ4n) is 2.63. The minimum absolute atomic E-state index is 0.0663. The van der Waals surface area contributed by atoms with E-state index in [2.05, 4.69) is 21.8 Å². The third-order valence-corrected chi connectivity index (χ3v) is 11.1. The number of ether oxygens (including phenoxy) is 1. The van der Waals surface area contributed by atoms with E-state index in [1.165, 1.54) is 6.92 Å². The maximum Gasteiger partial charge on any atom is 0.490 e. The molecule has 43 heavy (non-hydrogen) atoms. The zero-order valence-corrected chi connectivity index (χ0v) is 25.7. The molecule has 1 aliphatic rings. The van der Waals surface area contributed by atoms with Gasteiger partial charge in [0, 0.05) is 11.8 Å². The molecule has 6 atom stereocenters. The summed E-state index contributed by atoms with van der Waals surface area (Å²) in [5.41, 5.74) is -1.62. The second kappa shape index (κ2) is 14.4. The van der Waals surface area contributed by atoms with Crippen molar-refractivity contribution in [1.82, 2.24) is 9.55 Å². The molecule has 0 bridgehead atoms. The van der Waals surface area contributed by atoms with Crippen LogP contribution in [0.5, 0.6) is 0 Å². The van der Waals surface area contributed by atoms with Crippen molar-refractivity contribution in [3.63, 3.8) is 0 Å². The Hall–Kier alpha value is -0.620. The molecule has 2 unspecified atom stereocenters. The van der Waals surface area contributed by atoms with Crippen LogP contribution >= 0.6 is 46.9 Å². The molecule has 1 fully saturated rings. The van der Waals surface area contributed by atoms with E-state index in [9.17, 15) is 52.1 Å². The largest absolute Gasteiger partial charge is 0.490 e. The van der Waals surface area contributed by atoms with Crippen LogP contribution < -0.4 is 11.2 Å². The molecule has 1 saturated heterocycles. The molecule has 0 saturated carbocycles. The van der Waals surface area contributed by atoms with E-state index < -0.39 is 89.3 Å². The van der Waals surface area contributed by atoms with Crippen molar-refractivity contribution < 1.29 is 108 Å². The highest BCUT2D eigenvalue weighted by atomic mass is 31.3. The van der Waals surface area contributed by atoms with Gasteiger partial charge in [-0.25, -0.2) is 32.2 Å². The van der Waals surface area contributed by atoms with Crippen molar-refractivity contribution in [2.75, 3.05) is 6.61 Å². The van der Waals surface area contributed by atoms with Crippen molar-refractivity contribution in [1.29, 1.82) is 0 Å². The van der Waals surface area contributed by atoms with E-state index in [4.69, 9.17) is 43.9 Å². The average Bonchev–Trinajstić information content (AvgIpc) is 2.97. The lowest BCUT2D eigenvalue weighted by molar-refractivity contribution is -0.0543. The predicted octanol–water partition coefficient (Wildman–Crippen LogP) is -2.89. The number of aliphatic hydroxyl groups is 2. The molecule has 2 heterocycles. The standard InChI is InChI=1S/C10H17N2O15P3.H5O10P3/c1-4-2-12(10(16)11-8(4)15)9-7(14)6(13)5(25-9)3-24-29(20,21)27-30(22,23)26-28(17,18)19;1-11(2,3)9-13(7,8)10-12(4,5)6/h2,5-7,9,13-14H,3H2,1H3,(H,20,21)(H,22,23)(H,11,15,16)(H2,17,18,19);(H,7,8)(H2,1,2,3)(H2,4,5,6)/t5-,6-,7-,9-;/m1./s1. The van der Waals surface area contributed by atoms with Gasteiger partial charge >= 0.3 is 52.6 Å². The predicted molar refractivity (Wildman–Crippen MR) is 128 cm³/mol. The van der Waals surface area contributed by atoms with Crippen molar-refractivity contribution >= 4 is 46.9 Å². The van der Waals surface area contributed by atoms with Gasteiger partial charge in [0.15, 0.2) is 6.23 Å². The van der Waals surface area contributed by atoms with E-state index in [0.29, 0.717) is 0 Å². The Bertz CT molecular complexity index is 1520. The number of aliphatic hydroxyl groups excluding tert-OH is 2. The summed E-state index contributed by atoms with van der Waals surface area (Å²) >= 11 is 0. The Kier molecular flexibility index (Phi) is 13.6. The number of aromatic nitrogens is 2. The molecule has 1 aliphatic heterocycles. The van der Waals surface area contributed by atoms with Gasteiger partial charge in [-0.1, -0.05) is 0 Å². The number of nitrogens with one attached hydrogen (secondary N) is 1. The average molecular weight is 756 g/mol. The fraction of sp³-hybridized carbons (Fsp3) is 0.600. The monoisotopic (exact) mass is 756 g/mol. The number of phosphoric ester groups is 1. The summed E-state index contributed by atoms with van der Waals surface area (Å²) in [6.07, 6.45) is -5.64. The van der Waals surface area contributed by atoms with Crippen LogP contribution in [-0.4, -0.2) is 88.7 Å². The number of aryl methyl sites for hydroxylation is 1. The Morgan fingerprint density at radius 1 is 0.744 bits per heavy atom. The molecule has 33 heteroatoms. The smallest absolute Gasteiger partial charge is 0.387 e. The lowest BCUT2D eigenvalue weighted by Gasteiger charge is -2.19.